The molecule has 0 bridgehead atoms. The molecule has 0 fully saturated rings. The lowest BCUT2D eigenvalue weighted by atomic mass is 9.83. The molecule has 3 heterocycles. The Kier molecular flexibility index (Phi) is 7.97. The maximum atomic E-state index is 5.43. The van der Waals surface area contributed by atoms with Crippen LogP contribution in [0.15, 0.2) is 176 Å². The zero-order valence-corrected chi connectivity index (χ0v) is 36.6. The van der Waals surface area contributed by atoms with E-state index >= 15 is 0 Å². The van der Waals surface area contributed by atoms with Crippen molar-refractivity contribution in [1.82, 2.24) is 15.0 Å². The third-order valence-electron chi connectivity index (χ3n) is 14.5. The first kappa shape index (κ1) is 37.5. The quantitative estimate of drug-likeness (QED) is 0.174. The number of fused-ring (bicyclic) bond motifs is 9. The van der Waals surface area contributed by atoms with Gasteiger partial charge in [-0.3, -0.25) is 0 Å². The smallest absolute Gasteiger partial charge is 0.0753 e. The lowest BCUT2D eigenvalue weighted by molar-refractivity contribution is 0.659. The minimum absolute atomic E-state index is 0.0690. The van der Waals surface area contributed by atoms with E-state index in [1.165, 1.54) is 50.1 Å². The Morgan fingerprint density at radius 3 is 0.889 bits per heavy atom. The topological polar surface area (TPSA) is 38.7 Å². The van der Waals surface area contributed by atoms with Gasteiger partial charge in [0, 0.05) is 49.6 Å². The van der Waals surface area contributed by atoms with Crippen molar-refractivity contribution in [3.63, 3.8) is 0 Å². The maximum absolute atomic E-state index is 5.43. The van der Waals surface area contributed by atoms with E-state index in [1.54, 1.807) is 0 Å². The fourth-order valence-electron chi connectivity index (χ4n) is 10.9. The number of pyridine rings is 3. The molecule has 0 aliphatic heterocycles. The Hall–Kier alpha value is -7.23. The van der Waals surface area contributed by atoms with E-state index in [9.17, 15) is 0 Å². The predicted molar refractivity (Wildman–Crippen MR) is 260 cm³/mol. The Bertz CT molecular complexity index is 3180. The molecule has 0 atom stereocenters. The zero-order valence-electron chi connectivity index (χ0n) is 36.6. The van der Waals surface area contributed by atoms with Gasteiger partial charge in [0.05, 0.1) is 34.2 Å². The van der Waals surface area contributed by atoms with Gasteiger partial charge in [-0.25, -0.2) is 15.0 Å². The van der Waals surface area contributed by atoms with E-state index in [-0.39, 0.29) is 16.2 Å². The second kappa shape index (κ2) is 13.4. The van der Waals surface area contributed by atoms with Crippen molar-refractivity contribution >= 4 is 0 Å². The molecule has 3 aromatic heterocycles. The van der Waals surface area contributed by atoms with Crippen molar-refractivity contribution in [2.75, 3.05) is 0 Å². The average Bonchev–Trinajstić information content (AvgIpc) is 3.80. The van der Waals surface area contributed by atoms with Gasteiger partial charge in [-0.05, 0) is 92.0 Å². The minimum Gasteiger partial charge on any atom is -0.247 e. The molecule has 12 rings (SSSR count). The number of benzene rings is 6. The first-order valence-electron chi connectivity index (χ1n) is 22.2. The van der Waals surface area contributed by atoms with Crippen molar-refractivity contribution in [2.24, 2.45) is 0 Å². The average molecular weight is 810 g/mol. The van der Waals surface area contributed by atoms with Gasteiger partial charge in [-0.1, -0.05) is 181 Å². The largest absolute Gasteiger partial charge is 0.247 e. The molecule has 0 saturated carbocycles. The minimum atomic E-state index is -0.103. The molecule has 3 heteroatoms. The van der Waals surface area contributed by atoms with Crippen LogP contribution in [0.3, 0.4) is 0 Å². The van der Waals surface area contributed by atoms with E-state index in [0.29, 0.717) is 0 Å². The molecular formula is C60H47N3. The highest BCUT2D eigenvalue weighted by atomic mass is 14.8. The molecule has 0 amide bonds. The Labute approximate surface area is 370 Å². The Morgan fingerprint density at radius 1 is 0.254 bits per heavy atom. The summed E-state index contributed by atoms with van der Waals surface area (Å²) >= 11 is 0. The van der Waals surface area contributed by atoms with Gasteiger partial charge in [0.1, 0.15) is 0 Å². The fourth-order valence-corrected chi connectivity index (χ4v) is 10.9. The summed E-state index contributed by atoms with van der Waals surface area (Å²) in [5.41, 5.74) is 25.4. The molecule has 0 saturated heterocycles. The second-order valence-electron chi connectivity index (χ2n) is 19.2. The molecule has 63 heavy (non-hydrogen) atoms. The fraction of sp³-hybridized carbons (Fsp3) is 0.150. The first-order valence-corrected chi connectivity index (χ1v) is 22.2. The van der Waals surface area contributed by atoms with Crippen LogP contribution in [0.25, 0.3) is 89.8 Å². The number of aromatic nitrogens is 3. The van der Waals surface area contributed by atoms with E-state index in [4.69, 9.17) is 15.0 Å². The summed E-state index contributed by atoms with van der Waals surface area (Å²) in [5.74, 6) is 0. The van der Waals surface area contributed by atoms with E-state index in [2.05, 4.69) is 217 Å². The van der Waals surface area contributed by atoms with Crippen LogP contribution in [0.4, 0.5) is 0 Å². The number of hydrogen-bond donors (Lipinski definition) is 0. The first-order chi connectivity index (χ1) is 30.5. The van der Waals surface area contributed by atoms with Crippen LogP contribution in [0.1, 0.15) is 74.9 Å². The predicted octanol–water partition coefficient (Wildman–Crippen LogP) is 15.1. The normalized spacial score (nSPS) is 15.2. The van der Waals surface area contributed by atoms with E-state index in [0.717, 1.165) is 73.1 Å². The molecule has 3 aliphatic rings. The van der Waals surface area contributed by atoms with Crippen molar-refractivity contribution < 1.29 is 0 Å². The Morgan fingerprint density at radius 2 is 0.540 bits per heavy atom. The third kappa shape index (κ3) is 5.62. The lowest BCUT2D eigenvalue weighted by Crippen LogP contribution is -2.14. The van der Waals surface area contributed by atoms with Gasteiger partial charge in [0.25, 0.3) is 0 Å². The number of hydrogen-bond acceptors (Lipinski definition) is 3. The molecule has 9 aromatic rings. The highest BCUT2D eigenvalue weighted by Gasteiger charge is 2.38. The van der Waals surface area contributed by atoms with E-state index in [1.807, 2.05) is 0 Å². The molecule has 0 radical (unpaired) electrons. The van der Waals surface area contributed by atoms with Crippen LogP contribution in [0.2, 0.25) is 0 Å². The molecule has 3 aliphatic carbocycles. The molecule has 0 unspecified atom stereocenters. The highest BCUT2D eigenvalue weighted by molar-refractivity contribution is 5.86. The standard InChI is InChI=1S/C60H47N3/c1-58(2)46-16-10-7-13-43(46)55-49(58)27-30-52(61-55)38-23-19-36(20-24-38)40-33-41(35-42(34-40)54-32-29-51-57(63-54)45-15-9-12-18-48(45)60(51,5)6)37-21-25-39(26-22-37)53-31-28-50-56(62-53)44-14-8-11-17-47(44)59(50,3)4/h7-35H,1-6H3. The Balaban J connectivity index is 0.936. The highest BCUT2D eigenvalue weighted by Crippen LogP contribution is 2.51. The van der Waals surface area contributed by atoms with Crippen LogP contribution in [-0.4, -0.2) is 15.0 Å². The second-order valence-corrected chi connectivity index (χ2v) is 19.2. The molecular weight excluding hydrogens is 763 g/mol. The van der Waals surface area contributed by atoms with Crippen molar-refractivity contribution in [3.8, 4) is 89.8 Å². The van der Waals surface area contributed by atoms with Crippen LogP contribution in [-0.2, 0) is 16.2 Å². The van der Waals surface area contributed by atoms with Gasteiger partial charge in [0.15, 0.2) is 0 Å². The van der Waals surface area contributed by atoms with Crippen molar-refractivity contribution in [3.05, 3.63) is 209 Å². The van der Waals surface area contributed by atoms with Crippen molar-refractivity contribution in [2.45, 2.75) is 57.8 Å². The van der Waals surface area contributed by atoms with Crippen LogP contribution < -0.4 is 0 Å². The van der Waals surface area contributed by atoms with Gasteiger partial charge in [-0.15, -0.1) is 0 Å². The number of nitrogens with zero attached hydrogens (tertiary/aromatic N) is 3. The molecule has 0 N–H and O–H groups in total. The van der Waals surface area contributed by atoms with Gasteiger partial charge in [0.2, 0.25) is 0 Å². The monoisotopic (exact) mass is 809 g/mol. The summed E-state index contributed by atoms with van der Waals surface area (Å²) in [6.45, 7) is 13.8. The summed E-state index contributed by atoms with van der Waals surface area (Å²) < 4.78 is 0. The summed E-state index contributed by atoms with van der Waals surface area (Å²) in [7, 11) is 0. The molecule has 6 aromatic carbocycles. The third-order valence-corrected chi connectivity index (χ3v) is 14.5. The SMILES string of the molecule is CC1(C)c2ccccc2-c2nc(-c3ccc(-c4cc(-c5ccc(-c6ccc7c(n6)-c6ccccc6C7(C)C)cc5)cc(-c5ccc6c(n5)-c5ccccc5C6(C)C)c4)cc3)ccc21. The summed E-state index contributed by atoms with van der Waals surface area (Å²) in [6, 6.07) is 64.3. The van der Waals surface area contributed by atoms with Gasteiger partial charge < -0.3 is 0 Å². The zero-order chi connectivity index (χ0) is 42.8. The van der Waals surface area contributed by atoms with E-state index < -0.39 is 0 Å². The van der Waals surface area contributed by atoms with Crippen LogP contribution in [0, 0.1) is 0 Å². The summed E-state index contributed by atoms with van der Waals surface area (Å²) in [6.07, 6.45) is 0. The van der Waals surface area contributed by atoms with Gasteiger partial charge in [-0.2, -0.15) is 0 Å². The van der Waals surface area contributed by atoms with Crippen LogP contribution >= 0.6 is 0 Å². The van der Waals surface area contributed by atoms with Crippen LogP contribution in [0.5, 0.6) is 0 Å². The molecule has 3 nitrogen and oxygen atoms in total. The summed E-state index contributed by atoms with van der Waals surface area (Å²) in [5, 5.41) is 0. The lowest BCUT2D eigenvalue weighted by Gasteiger charge is -2.21. The summed E-state index contributed by atoms with van der Waals surface area (Å²) in [4.78, 5) is 16.0. The molecule has 0 spiro atoms. The number of rotatable bonds is 5. The van der Waals surface area contributed by atoms with Crippen molar-refractivity contribution in [1.29, 1.82) is 0 Å². The van der Waals surface area contributed by atoms with Gasteiger partial charge >= 0.3 is 0 Å². The maximum Gasteiger partial charge on any atom is 0.0753 e. The molecule has 302 valence electrons.